The van der Waals surface area contributed by atoms with Crippen LogP contribution in [-0.2, 0) is 0 Å². The van der Waals surface area contributed by atoms with E-state index in [9.17, 15) is 0 Å². The van der Waals surface area contributed by atoms with Crippen LogP contribution in [0.4, 0.5) is 0 Å². The summed E-state index contributed by atoms with van der Waals surface area (Å²) in [4.78, 5) is 0. The fourth-order valence-electron chi connectivity index (χ4n) is 0. The van der Waals surface area contributed by atoms with Crippen molar-refractivity contribution in [3.8, 4) is 0 Å². The molecule has 0 aromatic rings. The average molecular weight is 225 g/mol. The molecule has 0 unspecified atom stereocenters. The molecule has 0 saturated carbocycles. The van der Waals surface area contributed by atoms with Crippen LogP contribution in [0.15, 0.2) is 0 Å². The zero-order valence-electron chi connectivity index (χ0n) is 2.63. The van der Waals surface area contributed by atoms with Gasteiger partial charge in [-0.3, -0.25) is 0 Å². The van der Waals surface area contributed by atoms with Gasteiger partial charge in [-0.1, -0.05) is 0 Å². The van der Waals surface area contributed by atoms with Crippen LogP contribution in [0, 0.1) is 0 Å². The Hall–Kier alpha value is 2.00. The maximum absolute atomic E-state index is 7.17. The first kappa shape index (κ1) is 15.7. The molecule has 0 aliphatic heterocycles. The Morgan fingerprint density at radius 3 is 1.00 bits per heavy atom. The molecule has 3 N–H and O–H groups in total. The molecule has 2 radical (unpaired) electrons. The van der Waals surface area contributed by atoms with Crippen molar-refractivity contribution in [3.05, 3.63) is 0 Å². The number of hydrogen-bond acceptors (Lipinski definition) is 3. The summed E-state index contributed by atoms with van der Waals surface area (Å²) in [5.74, 6) is 0. The Morgan fingerprint density at radius 2 is 1.00 bits per heavy atom. The average Bonchev–Trinajstić information content (AvgIpc) is 0.811. The second-order valence-corrected chi connectivity index (χ2v) is 0.346. The van der Waals surface area contributed by atoms with Crippen molar-refractivity contribution in [1.29, 1.82) is 0 Å². The third-order valence-corrected chi connectivity index (χ3v) is 0. The van der Waals surface area contributed by atoms with Crippen LogP contribution in [0.3, 0.4) is 0 Å². The fourth-order valence-corrected chi connectivity index (χ4v) is 0. The van der Waals surface area contributed by atoms with Crippen LogP contribution < -0.4 is 0 Å². The predicted molar refractivity (Wildman–Crippen MR) is 29.5 cm³/mol. The fraction of sp³-hybridized carbons (Fsp3) is 0. The molecular weight excluding hydrogens is 218 g/mol. The first-order valence-electron chi connectivity index (χ1n) is 0.775. The molecule has 0 heterocycles. The zero-order valence-corrected chi connectivity index (χ0v) is 6.66. The molecule has 0 atom stereocenters. The number of rotatable bonds is 0. The van der Waals surface area contributed by atoms with Crippen molar-refractivity contribution in [3.63, 3.8) is 0 Å². The monoisotopic (exact) mass is 226 g/mol. The van der Waals surface area contributed by atoms with E-state index in [2.05, 4.69) is 0 Å². The summed E-state index contributed by atoms with van der Waals surface area (Å²) in [6.07, 6.45) is 0. The van der Waals surface area contributed by atoms with Crippen LogP contribution in [0.2, 0.25) is 0 Å². The van der Waals surface area contributed by atoms with Gasteiger partial charge in [0.2, 0.25) is 0 Å². The molecule has 0 saturated heterocycles. The van der Waals surface area contributed by atoms with Crippen molar-refractivity contribution in [2.45, 2.75) is 0 Å². The summed E-state index contributed by atoms with van der Waals surface area (Å²) in [7, 11) is -2.17. The minimum atomic E-state index is -2.17. The Bertz CT molecular complexity index is 15.5. The second-order valence-electron chi connectivity index (χ2n) is 0.346. The first-order valence-corrected chi connectivity index (χ1v) is 0.775. The predicted octanol–water partition coefficient (Wildman–Crippen LogP) is -3.88. The van der Waals surface area contributed by atoms with Gasteiger partial charge in [-0.15, -0.1) is 0 Å². The van der Waals surface area contributed by atoms with Crippen molar-refractivity contribution in [1.82, 2.24) is 0 Å². The van der Waals surface area contributed by atoms with Crippen LogP contribution in [0.25, 0.3) is 0 Å². The Labute approximate surface area is 82.9 Å². The Balaban J connectivity index is -0.0000000450. The van der Waals surface area contributed by atoms with Gasteiger partial charge in [0.15, 0.2) is 0 Å². The van der Waals surface area contributed by atoms with Crippen LogP contribution >= 0.6 is 0 Å². The van der Waals surface area contributed by atoms with E-state index in [-0.39, 0.29) is 61.6 Å². The van der Waals surface area contributed by atoms with Gasteiger partial charge < -0.3 is 15.1 Å². The van der Waals surface area contributed by atoms with Crippen LogP contribution in [-0.4, -0.2) is 84.0 Å². The Kier molecular flexibility index (Phi) is 26.4. The normalized spacial score (nSPS) is 4.50. The van der Waals surface area contributed by atoms with Gasteiger partial charge >= 0.3 is 69.0 Å². The molecule has 0 aliphatic carbocycles. The maximum atomic E-state index is 7.17. The molecule has 0 aliphatic rings. The third kappa shape index (κ3) is 37.4. The molecule has 0 amide bonds. The van der Waals surface area contributed by atoms with E-state index in [1.54, 1.807) is 0 Å². The van der Waals surface area contributed by atoms with Crippen molar-refractivity contribution in [2.24, 2.45) is 0 Å². The van der Waals surface area contributed by atoms with E-state index in [0.717, 1.165) is 0 Å². The first-order chi connectivity index (χ1) is 1.73. The summed E-state index contributed by atoms with van der Waals surface area (Å²) in [6, 6.07) is 0. The van der Waals surface area contributed by atoms with Crippen molar-refractivity contribution < 1.29 is 15.1 Å². The Morgan fingerprint density at radius 1 is 1.00 bits per heavy atom. The SMILES string of the molecule is OB(O)O.[CaH2].[SnH2]. The summed E-state index contributed by atoms with van der Waals surface area (Å²) in [6.45, 7) is 0. The van der Waals surface area contributed by atoms with Gasteiger partial charge in [-0.2, -0.15) is 0 Å². The molecule has 0 spiro atoms. The van der Waals surface area contributed by atoms with Gasteiger partial charge in [0, 0.05) is 0 Å². The molecule has 0 fully saturated rings. The molecule has 0 bridgehead atoms. The van der Waals surface area contributed by atoms with E-state index < -0.39 is 7.32 Å². The number of hydrogen-bond donors (Lipinski definition) is 3. The van der Waals surface area contributed by atoms with Crippen LogP contribution in [0.5, 0.6) is 0 Å². The molecule has 6 heteroatoms. The van der Waals surface area contributed by atoms with Gasteiger partial charge in [0.1, 0.15) is 0 Å². The standard InChI is InChI=1S/BH3O3.Ca.Sn.4H/c2-1(3)4;;;;;;/h2-4H;;;;;;. The molecule has 0 rings (SSSR count). The summed E-state index contributed by atoms with van der Waals surface area (Å²) >= 11 is 0. The topological polar surface area (TPSA) is 60.7 Å². The van der Waals surface area contributed by atoms with Crippen molar-refractivity contribution >= 4 is 69.0 Å². The molecular formula is H7BCaO3Sn. The molecule has 6 heavy (non-hydrogen) atoms. The van der Waals surface area contributed by atoms with E-state index in [0.29, 0.717) is 0 Å². The quantitative estimate of drug-likeness (QED) is 0.369. The zero-order chi connectivity index (χ0) is 3.58. The van der Waals surface area contributed by atoms with E-state index in [4.69, 9.17) is 15.1 Å². The summed E-state index contributed by atoms with van der Waals surface area (Å²) < 4.78 is 0. The molecule has 0 aromatic carbocycles. The van der Waals surface area contributed by atoms with Crippen LogP contribution in [0.1, 0.15) is 0 Å². The third-order valence-electron chi connectivity index (χ3n) is 0. The molecule has 34 valence electrons. The van der Waals surface area contributed by atoms with Gasteiger partial charge in [0.25, 0.3) is 0 Å². The second kappa shape index (κ2) is 10.1. The van der Waals surface area contributed by atoms with E-state index in [1.165, 1.54) is 0 Å². The minimum absolute atomic E-state index is 0. The summed E-state index contributed by atoms with van der Waals surface area (Å²) in [5.41, 5.74) is 0. The van der Waals surface area contributed by atoms with E-state index in [1.807, 2.05) is 0 Å². The molecule has 3 nitrogen and oxygen atoms in total. The van der Waals surface area contributed by atoms with Gasteiger partial charge in [0.05, 0.1) is 0 Å². The van der Waals surface area contributed by atoms with Gasteiger partial charge in [-0.25, -0.2) is 0 Å². The van der Waals surface area contributed by atoms with E-state index >= 15 is 0 Å². The van der Waals surface area contributed by atoms with Crippen molar-refractivity contribution in [2.75, 3.05) is 0 Å². The molecule has 0 aromatic heterocycles. The summed E-state index contributed by atoms with van der Waals surface area (Å²) in [5, 5.41) is 21.5. The van der Waals surface area contributed by atoms with Gasteiger partial charge in [-0.05, 0) is 0 Å².